The van der Waals surface area contributed by atoms with E-state index in [4.69, 9.17) is 20.5 Å². The Kier molecular flexibility index (Phi) is 4.75. The third-order valence-electron chi connectivity index (χ3n) is 2.96. The molecule has 0 saturated carbocycles. The monoisotopic (exact) mass is 283 g/mol. The van der Waals surface area contributed by atoms with E-state index in [-0.39, 0.29) is 6.04 Å². The minimum absolute atomic E-state index is 0.253. The Morgan fingerprint density at radius 1 is 1.24 bits per heavy atom. The number of rotatable bonds is 5. The van der Waals surface area contributed by atoms with Gasteiger partial charge in [-0.05, 0) is 31.2 Å². The van der Waals surface area contributed by atoms with Crippen molar-refractivity contribution in [1.82, 2.24) is 4.98 Å². The molecule has 1 heterocycles. The summed E-state index contributed by atoms with van der Waals surface area (Å²) < 4.78 is 11.1. The van der Waals surface area contributed by atoms with Gasteiger partial charge in [-0.2, -0.15) is 5.26 Å². The van der Waals surface area contributed by atoms with Crippen LogP contribution in [-0.2, 0) is 0 Å². The zero-order valence-corrected chi connectivity index (χ0v) is 12.0. The van der Waals surface area contributed by atoms with E-state index in [0.29, 0.717) is 17.1 Å². The van der Waals surface area contributed by atoms with Gasteiger partial charge in [0, 0.05) is 18.3 Å². The highest BCUT2D eigenvalue weighted by atomic mass is 16.5. The topological polar surface area (TPSA) is 81.2 Å². The number of benzene rings is 1. The Labute approximate surface area is 123 Å². The van der Waals surface area contributed by atoms with E-state index < -0.39 is 6.10 Å². The van der Waals surface area contributed by atoms with Crippen molar-refractivity contribution < 1.29 is 9.47 Å². The van der Waals surface area contributed by atoms with Gasteiger partial charge >= 0.3 is 0 Å². The van der Waals surface area contributed by atoms with Crippen molar-refractivity contribution in [3.8, 4) is 17.6 Å². The zero-order chi connectivity index (χ0) is 15.2. The summed E-state index contributed by atoms with van der Waals surface area (Å²) in [6.07, 6.45) is 1.30. The van der Waals surface area contributed by atoms with Gasteiger partial charge in [-0.1, -0.05) is 6.07 Å². The maximum atomic E-state index is 9.04. The van der Waals surface area contributed by atoms with Crippen molar-refractivity contribution in [2.45, 2.75) is 19.1 Å². The molecule has 5 nitrogen and oxygen atoms in total. The number of hydrogen-bond donors (Lipinski definition) is 1. The second kappa shape index (κ2) is 6.73. The van der Waals surface area contributed by atoms with Crippen molar-refractivity contribution >= 4 is 0 Å². The standard InChI is InChI=1S/C16H17N3O2/c1-11(18)16(15-5-3-4-6-19-15)21-14-8-12(10-17)7-13(9-14)20-2/h3-9,11,16H,18H2,1-2H3. The van der Waals surface area contributed by atoms with Gasteiger partial charge in [0.15, 0.2) is 6.10 Å². The van der Waals surface area contributed by atoms with E-state index in [1.54, 1.807) is 31.5 Å². The first-order chi connectivity index (χ1) is 10.1. The molecule has 1 aromatic carbocycles. The van der Waals surface area contributed by atoms with E-state index in [1.165, 1.54) is 0 Å². The van der Waals surface area contributed by atoms with Gasteiger partial charge in [-0.3, -0.25) is 4.98 Å². The maximum Gasteiger partial charge on any atom is 0.155 e. The van der Waals surface area contributed by atoms with Gasteiger partial charge in [0.25, 0.3) is 0 Å². The molecule has 108 valence electrons. The molecular formula is C16H17N3O2. The minimum atomic E-state index is -0.398. The molecule has 0 aliphatic rings. The fourth-order valence-corrected chi connectivity index (χ4v) is 1.95. The van der Waals surface area contributed by atoms with Gasteiger partial charge < -0.3 is 15.2 Å². The van der Waals surface area contributed by atoms with E-state index in [0.717, 1.165) is 5.69 Å². The van der Waals surface area contributed by atoms with Gasteiger partial charge in [-0.25, -0.2) is 0 Å². The number of pyridine rings is 1. The first kappa shape index (κ1) is 14.8. The Bertz CT molecular complexity index is 636. The molecule has 21 heavy (non-hydrogen) atoms. The molecule has 2 aromatic rings. The van der Waals surface area contributed by atoms with Crippen molar-refractivity contribution in [2.24, 2.45) is 5.73 Å². The number of nitrogens with zero attached hydrogens (tertiary/aromatic N) is 2. The Morgan fingerprint density at radius 2 is 2.00 bits per heavy atom. The van der Waals surface area contributed by atoms with Gasteiger partial charge in [-0.15, -0.1) is 0 Å². The molecule has 0 bridgehead atoms. The molecule has 0 aliphatic carbocycles. The molecule has 0 radical (unpaired) electrons. The molecule has 2 atom stereocenters. The van der Waals surface area contributed by atoms with E-state index in [9.17, 15) is 0 Å². The van der Waals surface area contributed by atoms with Crippen LogP contribution in [0.5, 0.6) is 11.5 Å². The van der Waals surface area contributed by atoms with Crippen molar-refractivity contribution in [2.75, 3.05) is 7.11 Å². The van der Waals surface area contributed by atoms with Crippen molar-refractivity contribution in [3.63, 3.8) is 0 Å². The third kappa shape index (κ3) is 3.71. The van der Waals surface area contributed by atoms with Crippen LogP contribution < -0.4 is 15.2 Å². The van der Waals surface area contributed by atoms with Crippen LogP contribution >= 0.6 is 0 Å². The van der Waals surface area contributed by atoms with Crippen LogP contribution in [0.4, 0.5) is 0 Å². The predicted molar refractivity (Wildman–Crippen MR) is 79.0 cm³/mol. The summed E-state index contributed by atoms with van der Waals surface area (Å²) in [6, 6.07) is 12.4. The predicted octanol–water partition coefficient (Wildman–Crippen LogP) is 2.43. The highest BCUT2D eigenvalue weighted by Gasteiger charge is 2.20. The smallest absolute Gasteiger partial charge is 0.155 e. The van der Waals surface area contributed by atoms with Gasteiger partial charge in [0.05, 0.1) is 24.4 Å². The fourth-order valence-electron chi connectivity index (χ4n) is 1.95. The number of ether oxygens (including phenoxy) is 2. The summed E-state index contributed by atoms with van der Waals surface area (Å²) in [4.78, 5) is 4.28. The second-order valence-electron chi connectivity index (χ2n) is 4.66. The number of hydrogen-bond acceptors (Lipinski definition) is 5. The molecule has 1 aromatic heterocycles. The average Bonchev–Trinajstić information content (AvgIpc) is 2.52. The molecule has 2 N–H and O–H groups in total. The Hall–Kier alpha value is -2.58. The molecule has 0 aliphatic heterocycles. The van der Waals surface area contributed by atoms with Crippen LogP contribution in [0, 0.1) is 11.3 Å². The second-order valence-corrected chi connectivity index (χ2v) is 4.66. The third-order valence-corrected chi connectivity index (χ3v) is 2.96. The lowest BCUT2D eigenvalue weighted by Crippen LogP contribution is -2.29. The quantitative estimate of drug-likeness (QED) is 0.911. The number of nitriles is 1. The lowest BCUT2D eigenvalue weighted by molar-refractivity contribution is 0.175. The van der Waals surface area contributed by atoms with Crippen molar-refractivity contribution in [1.29, 1.82) is 5.26 Å². The average molecular weight is 283 g/mol. The highest BCUT2D eigenvalue weighted by molar-refractivity contribution is 5.44. The van der Waals surface area contributed by atoms with E-state index >= 15 is 0 Å². The zero-order valence-electron chi connectivity index (χ0n) is 12.0. The molecule has 5 heteroatoms. The first-order valence-electron chi connectivity index (χ1n) is 6.56. The van der Waals surface area contributed by atoms with Crippen LogP contribution in [0.2, 0.25) is 0 Å². The van der Waals surface area contributed by atoms with Crippen LogP contribution in [0.1, 0.15) is 24.3 Å². The normalized spacial score (nSPS) is 13.0. The summed E-state index contributed by atoms with van der Waals surface area (Å²) in [7, 11) is 1.54. The Morgan fingerprint density at radius 3 is 2.57 bits per heavy atom. The molecule has 0 fully saturated rings. The molecule has 2 rings (SSSR count). The highest BCUT2D eigenvalue weighted by Crippen LogP contribution is 2.27. The number of methoxy groups -OCH3 is 1. The summed E-state index contributed by atoms with van der Waals surface area (Å²) >= 11 is 0. The van der Waals surface area contributed by atoms with E-state index in [2.05, 4.69) is 11.1 Å². The molecule has 0 amide bonds. The molecular weight excluding hydrogens is 266 g/mol. The van der Waals surface area contributed by atoms with Crippen LogP contribution in [0.15, 0.2) is 42.6 Å². The summed E-state index contributed by atoms with van der Waals surface area (Å²) in [5.41, 5.74) is 7.21. The number of aromatic nitrogens is 1. The minimum Gasteiger partial charge on any atom is -0.497 e. The van der Waals surface area contributed by atoms with E-state index in [1.807, 2.05) is 25.1 Å². The van der Waals surface area contributed by atoms with Crippen molar-refractivity contribution in [3.05, 3.63) is 53.9 Å². The van der Waals surface area contributed by atoms with Crippen LogP contribution in [-0.4, -0.2) is 18.1 Å². The Balaban J connectivity index is 2.32. The lowest BCUT2D eigenvalue weighted by Gasteiger charge is -2.22. The SMILES string of the molecule is COc1cc(C#N)cc(OC(c2ccccn2)C(C)N)c1. The summed E-state index contributed by atoms with van der Waals surface area (Å²) in [5, 5.41) is 9.04. The summed E-state index contributed by atoms with van der Waals surface area (Å²) in [5.74, 6) is 1.09. The molecule has 0 spiro atoms. The van der Waals surface area contributed by atoms with Crippen LogP contribution in [0.3, 0.4) is 0 Å². The number of nitrogens with two attached hydrogens (primary N) is 1. The molecule has 2 unspecified atom stereocenters. The van der Waals surface area contributed by atoms with Crippen LogP contribution in [0.25, 0.3) is 0 Å². The fraction of sp³-hybridized carbons (Fsp3) is 0.250. The summed E-state index contributed by atoms with van der Waals surface area (Å²) in [6.45, 7) is 1.85. The van der Waals surface area contributed by atoms with Gasteiger partial charge in [0.2, 0.25) is 0 Å². The first-order valence-corrected chi connectivity index (χ1v) is 6.56. The molecule has 0 saturated heterocycles. The van der Waals surface area contributed by atoms with Gasteiger partial charge in [0.1, 0.15) is 11.5 Å². The lowest BCUT2D eigenvalue weighted by atomic mass is 10.1. The largest absolute Gasteiger partial charge is 0.497 e. The maximum absolute atomic E-state index is 9.04.